The van der Waals surface area contributed by atoms with E-state index in [4.69, 9.17) is 4.74 Å². The zero-order valence-corrected chi connectivity index (χ0v) is 10.1. The minimum absolute atomic E-state index is 0.213. The average Bonchev–Trinajstić information content (AvgIpc) is 2.13. The summed E-state index contributed by atoms with van der Waals surface area (Å²) in [4.78, 5) is 9.22. The van der Waals surface area contributed by atoms with E-state index in [0.717, 1.165) is 12.1 Å². The fourth-order valence-corrected chi connectivity index (χ4v) is 2.81. The van der Waals surface area contributed by atoms with Crippen LogP contribution in [0, 0.1) is 0 Å². The van der Waals surface area contributed by atoms with E-state index in [1.165, 1.54) is 19.2 Å². The highest BCUT2D eigenvalue weighted by Gasteiger charge is 2.49. The molecule has 0 aromatic heterocycles. The van der Waals surface area contributed by atoms with Crippen molar-refractivity contribution >= 4 is 7.37 Å². The first kappa shape index (κ1) is 14.1. The molecular formula is C10H12F3O3P. The zero-order chi connectivity index (χ0) is 13.3. The summed E-state index contributed by atoms with van der Waals surface area (Å²) in [5.41, 5.74) is -2.66. The van der Waals surface area contributed by atoms with Crippen LogP contribution in [0.5, 0.6) is 5.75 Å². The molecule has 1 rings (SSSR count). The first-order chi connectivity index (χ1) is 7.66. The van der Waals surface area contributed by atoms with E-state index in [-0.39, 0.29) is 11.3 Å². The van der Waals surface area contributed by atoms with Gasteiger partial charge in [0.25, 0.3) is 0 Å². The van der Waals surface area contributed by atoms with E-state index in [1.807, 2.05) is 0 Å². The summed E-state index contributed by atoms with van der Waals surface area (Å²) in [6.45, 7) is 0.699. The molecule has 0 aliphatic carbocycles. The van der Waals surface area contributed by atoms with Gasteiger partial charge in [-0.15, -0.1) is 0 Å². The fourth-order valence-electron chi connectivity index (χ4n) is 1.55. The molecule has 0 bridgehead atoms. The Hall–Kier alpha value is -1.00. The van der Waals surface area contributed by atoms with E-state index >= 15 is 0 Å². The number of hydrogen-bond acceptors (Lipinski definition) is 2. The lowest BCUT2D eigenvalue weighted by atomic mass is 10.1. The predicted octanol–water partition coefficient (Wildman–Crippen LogP) is 3.20. The number of rotatable bonds is 3. The van der Waals surface area contributed by atoms with E-state index in [9.17, 15) is 22.6 Å². The third kappa shape index (κ3) is 3.48. The molecule has 0 aliphatic rings. The Balaban J connectivity index is 3.28. The largest absolute Gasteiger partial charge is 0.497 e. The van der Waals surface area contributed by atoms with Crippen molar-refractivity contribution in [2.75, 3.05) is 13.8 Å². The molecule has 0 amide bonds. The second-order valence-electron chi connectivity index (χ2n) is 3.66. The van der Waals surface area contributed by atoms with Crippen molar-refractivity contribution in [3.05, 3.63) is 29.8 Å². The molecule has 7 heteroatoms. The molecule has 1 N–H and O–H groups in total. The molecule has 17 heavy (non-hydrogen) atoms. The minimum Gasteiger partial charge on any atom is -0.497 e. The minimum atomic E-state index is -4.77. The molecule has 1 aromatic carbocycles. The Morgan fingerprint density at radius 3 is 2.41 bits per heavy atom. The maximum Gasteiger partial charge on any atom is 0.404 e. The third-order valence-electron chi connectivity index (χ3n) is 2.20. The molecule has 0 radical (unpaired) electrons. The zero-order valence-electron chi connectivity index (χ0n) is 9.23. The summed E-state index contributed by atoms with van der Waals surface area (Å²) in [5, 5.41) is 0. The molecular weight excluding hydrogens is 256 g/mol. The van der Waals surface area contributed by atoms with Gasteiger partial charge in [0.2, 0.25) is 7.37 Å². The van der Waals surface area contributed by atoms with Crippen LogP contribution in [-0.4, -0.2) is 24.8 Å². The van der Waals surface area contributed by atoms with Crippen molar-refractivity contribution in [1.82, 2.24) is 0 Å². The maximum atomic E-state index is 12.8. The average molecular weight is 268 g/mol. The standard InChI is InChI=1S/C10H12F3O3P/c1-16-8-5-3-4-7(6-8)9(10(11,12)13)17(2,14)15/h3-6,9H,1-2H3,(H,14,15)/t9-/m0/s1. The molecule has 0 aliphatic heterocycles. The molecule has 2 atom stereocenters. The lowest BCUT2D eigenvalue weighted by Gasteiger charge is -2.23. The summed E-state index contributed by atoms with van der Waals surface area (Å²) in [6, 6.07) is 5.09. The number of benzene rings is 1. The maximum absolute atomic E-state index is 12.8. The predicted molar refractivity (Wildman–Crippen MR) is 57.5 cm³/mol. The van der Waals surface area contributed by atoms with Gasteiger partial charge in [0, 0.05) is 6.66 Å². The number of halogens is 3. The Bertz CT molecular complexity index is 439. The topological polar surface area (TPSA) is 46.5 Å². The van der Waals surface area contributed by atoms with Crippen LogP contribution >= 0.6 is 7.37 Å². The number of ether oxygens (including phenoxy) is 1. The fraction of sp³-hybridized carbons (Fsp3) is 0.400. The van der Waals surface area contributed by atoms with Gasteiger partial charge in [0.15, 0.2) is 5.66 Å². The Morgan fingerprint density at radius 2 is 2.00 bits per heavy atom. The number of hydrogen-bond donors (Lipinski definition) is 1. The van der Waals surface area contributed by atoms with Gasteiger partial charge in [0.05, 0.1) is 7.11 Å². The van der Waals surface area contributed by atoms with Gasteiger partial charge in [-0.2, -0.15) is 13.2 Å². The van der Waals surface area contributed by atoms with Crippen molar-refractivity contribution in [2.24, 2.45) is 0 Å². The van der Waals surface area contributed by atoms with Crippen LogP contribution < -0.4 is 4.74 Å². The summed E-state index contributed by atoms with van der Waals surface area (Å²) in [6.07, 6.45) is -4.77. The van der Waals surface area contributed by atoms with Crippen LogP contribution in [0.4, 0.5) is 13.2 Å². The van der Waals surface area contributed by atoms with Gasteiger partial charge in [0.1, 0.15) is 5.75 Å². The van der Waals surface area contributed by atoms with Gasteiger partial charge in [-0.1, -0.05) is 12.1 Å². The van der Waals surface area contributed by atoms with Crippen LogP contribution in [0.1, 0.15) is 11.2 Å². The molecule has 0 spiro atoms. The van der Waals surface area contributed by atoms with Crippen molar-refractivity contribution in [3.8, 4) is 5.75 Å². The monoisotopic (exact) mass is 268 g/mol. The number of alkyl halides is 3. The van der Waals surface area contributed by atoms with Crippen LogP contribution in [0.25, 0.3) is 0 Å². The van der Waals surface area contributed by atoms with E-state index < -0.39 is 19.2 Å². The van der Waals surface area contributed by atoms with Gasteiger partial charge < -0.3 is 9.63 Å². The van der Waals surface area contributed by atoms with Gasteiger partial charge in [-0.3, -0.25) is 4.57 Å². The molecule has 1 unspecified atom stereocenters. The number of methoxy groups -OCH3 is 1. The highest BCUT2D eigenvalue weighted by atomic mass is 31.2. The summed E-state index contributed by atoms with van der Waals surface area (Å²) >= 11 is 0. The highest BCUT2D eigenvalue weighted by Crippen LogP contribution is 2.60. The summed E-state index contributed by atoms with van der Waals surface area (Å²) < 4.78 is 54.4. The molecule has 0 fully saturated rings. The Kier molecular flexibility index (Phi) is 3.89. The lowest BCUT2D eigenvalue weighted by Crippen LogP contribution is -2.20. The highest BCUT2D eigenvalue weighted by molar-refractivity contribution is 7.57. The summed E-state index contributed by atoms with van der Waals surface area (Å²) in [7, 11) is -3.02. The van der Waals surface area contributed by atoms with E-state index in [1.54, 1.807) is 0 Å². The van der Waals surface area contributed by atoms with Crippen molar-refractivity contribution < 1.29 is 27.4 Å². The van der Waals surface area contributed by atoms with Crippen molar-refractivity contribution in [1.29, 1.82) is 0 Å². The van der Waals surface area contributed by atoms with Crippen LogP contribution in [0.3, 0.4) is 0 Å². The Morgan fingerprint density at radius 1 is 1.41 bits per heavy atom. The van der Waals surface area contributed by atoms with Crippen LogP contribution in [-0.2, 0) is 4.57 Å². The molecule has 3 nitrogen and oxygen atoms in total. The first-order valence-electron chi connectivity index (χ1n) is 4.67. The second kappa shape index (κ2) is 4.70. The van der Waals surface area contributed by atoms with Crippen LogP contribution in [0.15, 0.2) is 24.3 Å². The molecule has 0 saturated carbocycles. The third-order valence-corrected chi connectivity index (χ3v) is 3.75. The Labute approximate surface area is 96.7 Å². The molecule has 0 saturated heterocycles. The lowest BCUT2D eigenvalue weighted by molar-refractivity contribution is -0.133. The van der Waals surface area contributed by atoms with Crippen molar-refractivity contribution in [3.63, 3.8) is 0 Å². The van der Waals surface area contributed by atoms with Gasteiger partial charge in [-0.05, 0) is 17.7 Å². The molecule has 96 valence electrons. The van der Waals surface area contributed by atoms with E-state index in [0.29, 0.717) is 6.66 Å². The molecule has 1 aromatic rings. The van der Waals surface area contributed by atoms with Gasteiger partial charge >= 0.3 is 6.18 Å². The van der Waals surface area contributed by atoms with Crippen molar-refractivity contribution in [2.45, 2.75) is 11.8 Å². The van der Waals surface area contributed by atoms with Gasteiger partial charge in [-0.25, -0.2) is 0 Å². The smallest absolute Gasteiger partial charge is 0.404 e. The molecule has 0 heterocycles. The van der Waals surface area contributed by atoms with E-state index in [2.05, 4.69) is 0 Å². The second-order valence-corrected chi connectivity index (χ2v) is 6.07. The van der Waals surface area contributed by atoms with Crippen LogP contribution in [0.2, 0.25) is 0 Å². The summed E-state index contributed by atoms with van der Waals surface area (Å²) in [5.74, 6) is 0.213. The first-order valence-corrected chi connectivity index (χ1v) is 6.84. The quantitative estimate of drug-likeness (QED) is 0.856. The normalized spacial score (nSPS) is 17.3. The SMILES string of the molecule is COc1cccc([C@@H](C(F)(F)F)P(C)(=O)O)c1.